The molecule has 0 unspecified atom stereocenters. The zero-order valence-corrected chi connectivity index (χ0v) is 17.9. The molecule has 0 spiro atoms. The molecule has 2 aromatic carbocycles. The Labute approximate surface area is 181 Å². The summed E-state index contributed by atoms with van der Waals surface area (Å²) < 4.78 is 0. The topological polar surface area (TPSA) is 59.7 Å². The van der Waals surface area contributed by atoms with Gasteiger partial charge in [0.15, 0.2) is 5.17 Å². The number of benzene rings is 2. The van der Waals surface area contributed by atoms with Gasteiger partial charge in [-0.05, 0) is 86.0 Å². The fraction of sp³-hybridized carbons (Fsp3) is 0.292. The van der Waals surface area contributed by atoms with Crippen LogP contribution in [0.3, 0.4) is 0 Å². The Morgan fingerprint density at radius 3 is 2.40 bits per heavy atom. The van der Waals surface area contributed by atoms with Crippen LogP contribution in [-0.2, 0) is 4.79 Å². The van der Waals surface area contributed by atoms with Crippen molar-refractivity contribution >= 4 is 40.3 Å². The molecule has 2 aliphatic heterocycles. The molecule has 2 fully saturated rings. The van der Waals surface area contributed by atoms with Crippen LogP contribution in [0.1, 0.15) is 37.3 Å². The number of piperidine rings is 1. The first kappa shape index (κ1) is 20.2. The Morgan fingerprint density at radius 2 is 1.77 bits per heavy atom. The van der Waals surface area contributed by atoms with E-state index in [9.17, 15) is 4.79 Å². The zero-order chi connectivity index (χ0) is 20.9. The molecule has 0 aromatic heterocycles. The summed E-state index contributed by atoms with van der Waals surface area (Å²) in [7, 11) is 0. The molecule has 2 aliphatic rings. The van der Waals surface area contributed by atoms with E-state index in [1.807, 2.05) is 37.3 Å². The van der Waals surface area contributed by atoms with E-state index < -0.39 is 0 Å². The summed E-state index contributed by atoms with van der Waals surface area (Å²) in [5.74, 6) is -0.0319. The van der Waals surface area contributed by atoms with Crippen LogP contribution in [0, 0.1) is 11.3 Å². The monoisotopic (exact) mass is 416 g/mol. The number of amides is 1. The second-order valence-electron chi connectivity index (χ2n) is 7.35. The highest BCUT2D eigenvalue weighted by Crippen LogP contribution is 2.34. The second kappa shape index (κ2) is 9.19. The van der Waals surface area contributed by atoms with Gasteiger partial charge in [-0.3, -0.25) is 9.69 Å². The smallest absolute Gasteiger partial charge is 0.266 e. The Bertz CT molecular complexity index is 1010. The van der Waals surface area contributed by atoms with Gasteiger partial charge >= 0.3 is 0 Å². The molecule has 6 heteroatoms. The van der Waals surface area contributed by atoms with Crippen molar-refractivity contribution in [3.63, 3.8) is 0 Å². The molecule has 1 amide bonds. The molecule has 0 aliphatic carbocycles. The highest BCUT2D eigenvalue weighted by molar-refractivity contribution is 8.18. The fourth-order valence-corrected chi connectivity index (χ4v) is 4.74. The van der Waals surface area contributed by atoms with E-state index in [-0.39, 0.29) is 5.91 Å². The van der Waals surface area contributed by atoms with Gasteiger partial charge in [-0.2, -0.15) is 5.26 Å². The third kappa shape index (κ3) is 4.42. The highest BCUT2D eigenvalue weighted by atomic mass is 32.2. The van der Waals surface area contributed by atoms with Crippen molar-refractivity contribution in [2.75, 3.05) is 24.5 Å². The lowest BCUT2D eigenvalue weighted by atomic mass is 10.1. The number of amidine groups is 1. The third-order valence-corrected chi connectivity index (χ3v) is 6.34. The minimum Gasteiger partial charge on any atom is -0.372 e. The van der Waals surface area contributed by atoms with E-state index in [2.05, 4.69) is 23.1 Å². The SMILES string of the molecule is CCN1C(=O)/C(=C/c2ccc(C#N)cc2)SC1=Nc1ccc(N2CCCCC2)cc1. The second-order valence-corrected chi connectivity index (χ2v) is 8.36. The minimum absolute atomic E-state index is 0.0319. The number of anilines is 1. The summed E-state index contributed by atoms with van der Waals surface area (Å²) in [6.45, 7) is 4.76. The Balaban J connectivity index is 1.54. The van der Waals surface area contributed by atoms with Gasteiger partial charge < -0.3 is 4.90 Å². The molecule has 0 saturated carbocycles. The molecule has 30 heavy (non-hydrogen) atoms. The lowest BCUT2D eigenvalue weighted by Gasteiger charge is -2.28. The molecule has 5 nitrogen and oxygen atoms in total. The maximum atomic E-state index is 12.8. The lowest BCUT2D eigenvalue weighted by molar-refractivity contribution is -0.122. The van der Waals surface area contributed by atoms with E-state index >= 15 is 0 Å². The number of nitriles is 1. The number of hydrogen-bond acceptors (Lipinski definition) is 5. The quantitative estimate of drug-likeness (QED) is 0.645. The number of aliphatic imine (C=N–C) groups is 1. The van der Waals surface area contributed by atoms with Crippen molar-refractivity contribution < 1.29 is 4.79 Å². The minimum atomic E-state index is -0.0319. The van der Waals surface area contributed by atoms with Crippen LogP contribution in [0.15, 0.2) is 58.4 Å². The average Bonchev–Trinajstić information content (AvgIpc) is 3.09. The Hall–Kier alpha value is -3.04. The summed E-state index contributed by atoms with van der Waals surface area (Å²) in [6.07, 6.45) is 5.68. The molecule has 0 atom stereocenters. The van der Waals surface area contributed by atoms with E-state index in [0.29, 0.717) is 22.2 Å². The van der Waals surface area contributed by atoms with Crippen molar-refractivity contribution in [2.24, 2.45) is 4.99 Å². The summed E-state index contributed by atoms with van der Waals surface area (Å²) in [6, 6.07) is 17.6. The maximum absolute atomic E-state index is 12.8. The summed E-state index contributed by atoms with van der Waals surface area (Å²) in [5, 5.41) is 9.64. The molecule has 0 N–H and O–H groups in total. The van der Waals surface area contributed by atoms with E-state index in [0.717, 1.165) is 24.3 Å². The van der Waals surface area contributed by atoms with E-state index in [1.165, 1.54) is 36.7 Å². The third-order valence-electron chi connectivity index (χ3n) is 5.34. The molecule has 2 aromatic rings. The highest BCUT2D eigenvalue weighted by Gasteiger charge is 2.32. The molecular weight excluding hydrogens is 392 g/mol. The van der Waals surface area contributed by atoms with Gasteiger partial charge in [0, 0.05) is 25.3 Å². The van der Waals surface area contributed by atoms with Crippen molar-refractivity contribution in [3.05, 3.63) is 64.6 Å². The van der Waals surface area contributed by atoms with Crippen LogP contribution < -0.4 is 4.90 Å². The number of likely N-dealkylation sites (N-methyl/N-ethyl adjacent to an activating group) is 1. The van der Waals surface area contributed by atoms with E-state index in [4.69, 9.17) is 10.3 Å². The van der Waals surface area contributed by atoms with Crippen molar-refractivity contribution in [1.82, 2.24) is 4.90 Å². The molecule has 4 rings (SSSR count). The maximum Gasteiger partial charge on any atom is 0.266 e. The molecular formula is C24H24N4OS. The number of nitrogens with zero attached hydrogens (tertiary/aromatic N) is 4. The Morgan fingerprint density at radius 1 is 1.07 bits per heavy atom. The number of hydrogen-bond donors (Lipinski definition) is 0. The number of thioether (sulfide) groups is 1. The van der Waals surface area contributed by atoms with Crippen LogP contribution >= 0.6 is 11.8 Å². The van der Waals surface area contributed by atoms with Gasteiger partial charge in [0.2, 0.25) is 0 Å². The predicted octanol–water partition coefficient (Wildman–Crippen LogP) is 5.17. The molecule has 2 heterocycles. The van der Waals surface area contributed by atoms with Gasteiger partial charge in [0.25, 0.3) is 5.91 Å². The van der Waals surface area contributed by atoms with Gasteiger partial charge in [-0.15, -0.1) is 0 Å². The predicted molar refractivity (Wildman–Crippen MR) is 124 cm³/mol. The molecule has 0 radical (unpaired) electrons. The van der Waals surface area contributed by atoms with Gasteiger partial charge in [0.1, 0.15) is 0 Å². The molecule has 2 saturated heterocycles. The van der Waals surface area contributed by atoms with Crippen LogP contribution in [0.4, 0.5) is 11.4 Å². The van der Waals surface area contributed by atoms with Gasteiger partial charge in [-0.25, -0.2) is 4.99 Å². The first-order chi connectivity index (χ1) is 14.7. The summed E-state index contributed by atoms with van der Waals surface area (Å²) in [4.78, 5) is 22.3. The molecule has 0 bridgehead atoms. The first-order valence-electron chi connectivity index (χ1n) is 10.3. The normalized spacial score (nSPS) is 19.5. The zero-order valence-electron chi connectivity index (χ0n) is 17.0. The van der Waals surface area contributed by atoms with E-state index in [1.54, 1.807) is 17.0 Å². The Kier molecular flexibility index (Phi) is 6.20. The van der Waals surface area contributed by atoms with Crippen molar-refractivity contribution in [1.29, 1.82) is 5.26 Å². The van der Waals surface area contributed by atoms with Crippen LogP contribution in [0.5, 0.6) is 0 Å². The standard InChI is InChI=1S/C24H24N4OS/c1-2-28-23(29)22(16-18-6-8-19(17-25)9-7-18)30-24(28)26-20-10-12-21(13-11-20)27-14-4-3-5-15-27/h6-13,16H,2-5,14-15H2,1H3/b22-16-,26-24?. The summed E-state index contributed by atoms with van der Waals surface area (Å²) >= 11 is 1.40. The van der Waals surface area contributed by atoms with Crippen LogP contribution in [-0.4, -0.2) is 35.6 Å². The summed E-state index contributed by atoms with van der Waals surface area (Å²) in [5.41, 5.74) is 3.59. The van der Waals surface area contributed by atoms with Crippen molar-refractivity contribution in [3.8, 4) is 6.07 Å². The first-order valence-corrected chi connectivity index (χ1v) is 11.1. The van der Waals surface area contributed by atoms with Gasteiger partial charge in [-0.1, -0.05) is 12.1 Å². The largest absolute Gasteiger partial charge is 0.372 e. The fourth-order valence-electron chi connectivity index (χ4n) is 3.68. The number of carbonyl (C=O) groups is 1. The lowest BCUT2D eigenvalue weighted by Crippen LogP contribution is -2.29. The van der Waals surface area contributed by atoms with Crippen molar-refractivity contribution in [2.45, 2.75) is 26.2 Å². The average molecular weight is 417 g/mol. The van der Waals surface area contributed by atoms with Crippen LogP contribution in [0.25, 0.3) is 6.08 Å². The van der Waals surface area contributed by atoms with Crippen LogP contribution in [0.2, 0.25) is 0 Å². The number of rotatable bonds is 4. The number of carbonyl (C=O) groups excluding carboxylic acids is 1. The van der Waals surface area contributed by atoms with Gasteiger partial charge in [0.05, 0.1) is 22.2 Å². The molecule has 152 valence electrons.